The first-order valence-corrected chi connectivity index (χ1v) is 9.09. The average molecular weight is 387 g/mol. The van der Waals surface area contributed by atoms with E-state index in [0.717, 1.165) is 16.2 Å². The maximum Gasteiger partial charge on any atom is 0.350 e. The molecule has 3 amide bonds. The topological polar surface area (TPSA) is 106 Å². The molecule has 1 aliphatic heterocycles. The highest BCUT2D eigenvalue weighted by molar-refractivity contribution is 7.17. The van der Waals surface area contributed by atoms with Crippen molar-refractivity contribution in [2.24, 2.45) is 0 Å². The second-order valence-electron chi connectivity index (χ2n) is 5.85. The second-order valence-corrected chi connectivity index (χ2v) is 6.84. The average Bonchev–Trinajstić information content (AvgIpc) is 3.13. The predicted molar refractivity (Wildman–Crippen MR) is 97.8 cm³/mol. The van der Waals surface area contributed by atoms with Crippen molar-refractivity contribution in [2.75, 3.05) is 11.9 Å². The Hall–Kier alpha value is -3.07. The number of rotatable bonds is 5. The molecular weight excluding hydrogens is 370 g/mol. The zero-order valence-electron chi connectivity index (χ0n) is 14.9. The van der Waals surface area contributed by atoms with E-state index in [4.69, 9.17) is 4.74 Å². The molecule has 1 aromatic carbocycles. The Morgan fingerprint density at radius 1 is 1.22 bits per heavy atom. The number of thiazole rings is 1. The third-order valence-electron chi connectivity index (χ3n) is 4.08. The number of hydrogen-bond acceptors (Lipinski definition) is 7. The lowest BCUT2D eigenvalue weighted by Gasteiger charge is -2.21. The molecule has 1 unspecified atom stereocenters. The molecule has 0 fully saturated rings. The van der Waals surface area contributed by atoms with Crippen molar-refractivity contribution in [3.8, 4) is 0 Å². The summed E-state index contributed by atoms with van der Waals surface area (Å²) < 4.78 is 4.94. The number of benzene rings is 1. The normalized spacial score (nSPS) is 14.1. The van der Waals surface area contributed by atoms with Gasteiger partial charge in [0.05, 0.1) is 23.4 Å². The zero-order valence-corrected chi connectivity index (χ0v) is 15.8. The van der Waals surface area contributed by atoms with E-state index in [1.807, 2.05) is 0 Å². The minimum atomic E-state index is -1.03. The lowest BCUT2D eigenvalue weighted by molar-refractivity contribution is -0.119. The standard InChI is InChI=1S/C18H17N3O5S/c1-4-26-17(25)13-9(2)19-18(27-13)20-14(22)10(3)21-15(23)11-7-5-6-8-12(11)16(21)24/h5-8,10H,4H2,1-3H3,(H,19,20,22). The summed E-state index contributed by atoms with van der Waals surface area (Å²) in [4.78, 5) is 54.7. The number of carbonyl (C=O) groups is 4. The Morgan fingerprint density at radius 2 is 1.81 bits per heavy atom. The highest BCUT2D eigenvalue weighted by atomic mass is 32.1. The molecule has 0 saturated heterocycles. The van der Waals surface area contributed by atoms with Crippen LogP contribution in [-0.2, 0) is 9.53 Å². The Kier molecular flexibility index (Phi) is 5.04. The third-order valence-corrected chi connectivity index (χ3v) is 5.13. The van der Waals surface area contributed by atoms with Crippen LogP contribution in [-0.4, -0.2) is 46.2 Å². The van der Waals surface area contributed by atoms with Crippen LogP contribution in [0, 0.1) is 6.92 Å². The van der Waals surface area contributed by atoms with Gasteiger partial charge in [0, 0.05) is 0 Å². The van der Waals surface area contributed by atoms with Crippen molar-refractivity contribution in [1.82, 2.24) is 9.88 Å². The number of aromatic nitrogens is 1. The van der Waals surface area contributed by atoms with Gasteiger partial charge < -0.3 is 10.1 Å². The van der Waals surface area contributed by atoms with E-state index in [9.17, 15) is 19.2 Å². The summed E-state index contributed by atoms with van der Waals surface area (Å²) in [5, 5.41) is 2.76. The number of aryl methyl sites for hydroxylation is 1. The van der Waals surface area contributed by atoms with E-state index in [2.05, 4.69) is 10.3 Å². The molecule has 0 saturated carbocycles. The smallest absolute Gasteiger partial charge is 0.350 e. The second kappa shape index (κ2) is 7.28. The van der Waals surface area contributed by atoms with Gasteiger partial charge in [0.15, 0.2) is 5.13 Å². The largest absolute Gasteiger partial charge is 0.462 e. The van der Waals surface area contributed by atoms with Crippen molar-refractivity contribution < 1.29 is 23.9 Å². The van der Waals surface area contributed by atoms with Gasteiger partial charge in [-0.25, -0.2) is 9.78 Å². The number of anilines is 1. The van der Waals surface area contributed by atoms with Gasteiger partial charge in [0.1, 0.15) is 10.9 Å². The molecule has 2 aromatic rings. The van der Waals surface area contributed by atoms with E-state index in [0.29, 0.717) is 10.6 Å². The van der Waals surface area contributed by atoms with E-state index in [-0.39, 0.29) is 22.9 Å². The first-order valence-electron chi connectivity index (χ1n) is 8.27. The van der Waals surface area contributed by atoms with Gasteiger partial charge in [-0.3, -0.25) is 19.3 Å². The molecule has 0 spiro atoms. The summed E-state index contributed by atoms with van der Waals surface area (Å²) >= 11 is 0.979. The van der Waals surface area contributed by atoms with Crippen LogP contribution in [0.4, 0.5) is 5.13 Å². The van der Waals surface area contributed by atoms with Crippen LogP contribution in [0.5, 0.6) is 0 Å². The van der Waals surface area contributed by atoms with E-state index in [1.165, 1.54) is 6.92 Å². The minimum absolute atomic E-state index is 0.198. The molecule has 8 nitrogen and oxygen atoms in total. The Morgan fingerprint density at radius 3 is 2.37 bits per heavy atom. The zero-order chi connectivity index (χ0) is 19.7. The quantitative estimate of drug-likeness (QED) is 0.623. The molecule has 3 rings (SSSR count). The fourth-order valence-corrected chi connectivity index (χ4v) is 3.59. The summed E-state index contributed by atoms with van der Waals surface area (Å²) in [7, 11) is 0. The molecule has 0 radical (unpaired) electrons. The number of hydrogen-bond donors (Lipinski definition) is 1. The molecule has 1 aromatic heterocycles. The monoisotopic (exact) mass is 387 g/mol. The molecule has 9 heteroatoms. The third kappa shape index (κ3) is 3.33. The molecule has 140 valence electrons. The summed E-state index contributed by atoms with van der Waals surface area (Å²) in [5.41, 5.74) is 0.982. The maximum atomic E-state index is 12.6. The number of esters is 1. The lowest BCUT2D eigenvalue weighted by Crippen LogP contribution is -2.45. The van der Waals surface area contributed by atoms with E-state index >= 15 is 0 Å². The minimum Gasteiger partial charge on any atom is -0.462 e. The van der Waals surface area contributed by atoms with Crippen molar-refractivity contribution in [1.29, 1.82) is 0 Å². The van der Waals surface area contributed by atoms with Gasteiger partial charge in [0.2, 0.25) is 5.91 Å². The number of ether oxygens (including phenoxy) is 1. The van der Waals surface area contributed by atoms with Crippen molar-refractivity contribution in [2.45, 2.75) is 26.8 Å². The fraction of sp³-hybridized carbons (Fsp3) is 0.278. The molecule has 27 heavy (non-hydrogen) atoms. The van der Waals surface area contributed by atoms with Gasteiger partial charge in [-0.05, 0) is 32.9 Å². The van der Waals surface area contributed by atoms with Crippen LogP contribution in [0.3, 0.4) is 0 Å². The van der Waals surface area contributed by atoms with Crippen molar-refractivity contribution in [3.63, 3.8) is 0 Å². The molecule has 2 heterocycles. The van der Waals surface area contributed by atoms with Crippen LogP contribution >= 0.6 is 11.3 Å². The first-order chi connectivity index (χ1) is 12.8. The van der Waals surface area contributed by atoms with E-state index in [1.54, 1.807) is 38.1 Å². The number of nitrogens with zero attached hydrogens (tertiary/aromatic N) is 2. The van der Waals surface area contributed by atoms with Gasteiger partial charge in [0.25, 0.3) is 11.8 Å². The van der Waals surface area contributed by atoms with Gasteiger partial charge in [-0.15, -0.1) is 0 Å². The molecule has 1 atom stereocenters. The van der Waals surface area contributed by atoms with Crippen LogP contribution < -0.4 is 5.32 Å². The van der Waals surface area contributed by atoms with Crippen LogP contribution in [0.25, 0.3) is 0 Å². The molecular formula is C18H17N3O5S. The van der Waals surface area contributed by atoms with Gasteiger partial charge in [-0.1, -0.05) is 23.5 Å². The Labute approximate surface area is 159 Å². The highest BCUT2D eigenvalue weighted by Gasteiger charge is 2.40. The van der Waals surface area contributed by atoms with Crippen LogP contribution in [0.1, 0.15) is 49.9 Å². The number of amides is 3. The molecule has 1 N–H and O–H groups in total. The number of fused-ring (bicyclic) bond motifs is 1. The van der Waals surface area contributed by atoms with Crippen LogP contribution in [0.15, 0.2) is 24.3 Å². The highest BCUT2D eigenvalue weighted by Crippen LogP contribution is 2.26. The molecule has 0 aliphatic carbocycles. The van der Waals surface area contributed by atoms with Crippen molar-refractivity contribution in [3.05, 3.63) is 46.0 Å². The van der Waals surface area contributed by atoms with Crippen LogP contribution in [0.2, 0.25) is 0 Å². The molecule has 1 aliphatic rings. The summed E-state index contributed by atoms with van der Waals surface area (Å²) in [6.07, 6.45) is 0. The molecule has 0 bridgehead atoms. The summed E-state index contributed by atoms with van der Waals surface area (Å²) in [6, 6.07) is 5.39. The summed E-state index contributed by atoms with van der Waals surface area (Å²) in [5.74, 6) is -2.11. The van der Waals surface area contributed by atoms with Crippen molar-refractivity contribution >= 4 is 40.2 Å². The number of carbonyl (C=O) groups excluding carboxylic acids is 4. The maximum absolute atomic E-state index is 12.6. The Balaban J connectivity index is 1.76. The Bertz CT molecular complexity index is 917. The SMILES string of the molecule is CCOC(=O)c1sc(NC(=O)C(C)N2C(=O)c3ccccc3C2=O)nc1C. The van der Waals surface area contributed by atoms with E-state index < -0.39 is 29.7 Å². The predicted octanol–water partition coefficient (Wildman–Crippen LogP) is 2.25. The van der Waals surface area contributed by atoms with Gasteiger partial charge >= 0.3 is 5.97 Å². The number of nitrogens with one attached hydrogen (secondary N) is 1. The first kappa shape index (κ1) is 18.7. The lowest BCUT2D eigenvalue weighted by atomic mass is 10.1. The summed E-state index contributed by atoms with van der Waals surface area (Å²) in [6.45, 7) is 5.02. The fourth-order valence-electron chi connectivity index (χ4n) is 2.72. The van der Waals surface area contributed by atoms with Gasteiger partial charge in [-0.2, -0.15) is 0 Å². The number of imide groups is 1.